The van der Waals surface area contributed by atoms with Crippen molar-refractivity contribution < 1.29 is 48.5 Å². The molecular formula is C12H10F6O5S. The molecule has 0 heterocycles. The van der Waals surface area contributed by atoms with Crippen molar-refractivity contribution in [1.82, 2.24) is 0 Å². The van der Waals surface area contributed by atoms with Crippen molar-refractivity contribution in [2.75, 3.05) is 6.61 Å². The van der Waals surface area contributed by atoms with Gasteiger partial charge in [0.25, 0.3) is 11.0 Å². The van der Waals surface area contributed by atoms with E-state index in [1.54, 1.807) is 0 Å². The van der Waals surface area contributed by atoms with Gasteiger partial charge in [0.05, 0.1) is 6.61 Å². The zero-order valence-corrected chi connectivity index (χ0v) is 12.7. The van der Waals surface area contributed by atoms with E-state index in [9.17, 15) is 39.6 Å². The zero-order valence-electron chi connectivity index (χ0n) is 11.8. The van der Waals surface area contributed by atoms with E-state index in [2.05, 4.69) is 8.92 Å². The second-order valence-electron chi connectivity index (χ2n) is 4.42. The minimum absolute atomic E-state index is 0.312. The van der Waals surface area contributed by atoms with Crippen molar-refractivity contribution in [1.29, 1.82) is 0 Å². The first-order valence-electron chi connectivity index (χ1n) is 6.09. The van der Waals surface area contributed by atoms with Crippen LogP contribution in [-0.4, -0.2) is 21.0 Å². The van der Waals surface area contributed by atoms with E-state index >= 15 is 0 Å². The number of benzene rings is 1. The lowest BCUT2D eigenvalue weighted by Gasteiger charge is -2.18. The summed E-state index contributed by atoms with van der Waals surface area (Å²) >= 11 is 0. The maximum atomic E-state index is 13.0. The van der Waals surface area contributed by atoms with Gasteiger partial charge < -0.3 is 8.92 Å². The van der Waals surface area contributed by atoms with Gasteiger partial charge in [-0.3, -0.25) is 4.79 Å². The van der Waals surface area contributed by atoms with Crippen LogP contribution in [0.5, 0.6) is 5.75 Å². The Labute approximate surface area is 133 Å². The summed E-state index contributed by atoms with van der Waals surface area (Å²) in [6.07, 6.45) is -11.0. The summed E-state index contributed by atoms with van der Waals surface area (Å²) in [5.74, 6) is -2.60. The number of hydrogen-bond donors (Lipinski definition) is 1. The summed E-state index contributed by atoms with van der Waals surface area (Å²) < 4.78 is 107. The normalized spacial score (nSPS) is 12.3. The molecule has 5 nitrogen and oxygen atoms in total. The molecule has 0 radical (unpaired) electrons. The van der Waals surface area contributed by atoms with E-state index in [1.165, 1.54) is 0 Å². The molecule has 1 aromatic carbocycles. The van der Waals surface area contributed by atoms with E-state index in [0.29, 0.717) is 12.1 Å². The summed E-state index contributed by atoms with van der Waals surface area (Å²) in [6.45, 7) is 0.573. The fourth-order valence-corrected chi connectivity index (χ4v) is 2.09. The van der Waals surface area contributed by atoms with E-state index in [0.717, 1.165) is 6.92 Å². The molecule has 0 aliphatic carbocycles. The van der Waals surface area contributed by atoms with E-state index in [-0.39, 0.29) is 0 Å². The van der Waals surface area contributed by atoms with Crippen LogP contribution in [0.25, 0.3) is 0 Å². The predicted molar refractivity (Wildman–Crippen MR) is 67.7 cm³/mol. The number of hydrogen-bond acceptors (Lipinski definition) is 5. The van der Waals surface area contributed by atoms with Crippen LogP contribution in [0, 0.1) is 0 Å². The Bertz CT molecular complexity index is 649. The monoisotopic (exact) mass is 380 g/mol. The first kappa shape index (κ1) is 20.1. The highest BCUT2D eigenvalue weighted by Crippen LogP contribution is 2.45. The van der Waals surface area contributed by atoms with Crippen LogP contribution in [0.15, 0.2) is 12.1 Å². The van der Waals surface area contributed by atoms with Gasteiger partial charge in [-0.05, 0) is 17.7 Å². The molecule has 0 aromatic heterocycles. The molecule has 136 valence electrons. The summed E-state index contributed by atoms with van der Waals surface area (Å²) in [4.78, 5) is 10.6. The third kappa shape index (κ3) is 5.58. The lowest BCUT2D eigenvalue weighted by atomic mass is 10.0. The number of halogens is 6. The molecule has 0 fully saturated rings. The maximum absolute atomic E-state index is 13.0. The molecule has 0 aliphatic rings. The van der Waals surface area contributed by atoms with Crippen LogP contribution in [-0.2, 0) is 39.3 Å². The molecule has 0 N–H and O–H groups in total. The topological polar surface area (TPSA) is 69.7 Å². The van der Waals surface area contributed by atoms with Crippen LogP contribution >= 0.6 is 0 Å². The van der Waals surface area contributed by atoms with Gasteiger partial charge in [0.2, 0.25) is 0 Å². The number of rotatable bonds is 5. The predicted octanol–water partition coefficient (Wildman–Crippen LogP) is 2.74. The highest BCUT2D eigenvalue weighted by atomic mass is 32.2. The van der Waals surface area contributed by atoms with E-state index < -0.39 is 64.8 Å². The van der Waals surface area contributed by atoms with Crippen molar-refractivity contribution >= 4 is 17.0 Å². The fraction of sp³-hybridized carbons (Fsp3) is 0.417. The first-order chi connectivity index (χ1) is 10.8. The van der Waals surface area contributed by atoms with Crippen molar-refractivity contribution in [3.63, 3.8) is 0 Å². The lowest BCUT2D eigenvalue weighted by molar-refractivity contribution is -0.145. The molecule has 0 bridgehead atoms. The van der Waals surface area contributed by atoms with Gasteiger partial charge in [-0.15, -0.1) is 0 Å². The number of thiol groups is 1. The molecule has 0 atom stereocenters. The van der Waals surface area contributed by atoms with Crippen LogP contribution in [0.4, 0.5) is 26.3 Å². The third-order valence-corrected chi connectivity index (χ3v) is 2.95. The zero-order chi connectivity index (χ0) is 18.7. The number of esters is 1. The molecule has 1 aromatic rings. The molecule has 12 heteroatoms. The average molecular weight is 380 g/mol. The molecule has 24 heavy (non-hydrogen) atoms. The molecule has 0 unspecified atom stereocenters. The first-order valence-corrected chi connectivity index (χ1v) is 7.19. The SMILES string of the molecule is CC(=O)OCCc1cc(C(F)(F)F)c(O[SH](=O)=O)c(C(F)(F)F)c1. The van der Waals surface area contributed by atoms with Gasteiger partial charge in [0, 0.05) is 13.3 Å². The molecule has 0 amide bonds. The Morgan fingerprint density at radius 3 is 1.83 bits per heavy atom. The van der Waals surface area contributed by atoms with Crippen LogP contribution in [0.2, 0.25) is 0 Å². The van der Waals surface area contributed by atoms with Crippen molar-refractivity contribution in [3.8, 4) is 5.75 Å². The largest absolute Gasteiger partial charge is 0.466 e. The smallest absolute Gasteiger partial charge is 0.420 e. The molecular weight excluding hydrogens is 370 g/mol. The number of carbonyl (C=O) groups excluding carboxylic acids is 1. The van der Waals surface area contributed by atoms with E-state index in [4.69, 9.17) is 0 Å². The van der Waals surface area contributed by atoms with Gasteiger partial charge >= 0.3 is 18.3 Å². The number of ether oxygens (including phenoxy) is 1. The van der Waals surface area contributed by atoms with Crippen LogP contribution in [0.1, 0.15) is 23.6 Å². The maximum Gasteiger partial charge on any atom is 0.420 e. The second kappa shape index (κ2) is 7.28. The summed E-state index contributed by atoms with van der Waals surface area (Å²) in [7, 11) is -4.00. The Morgan fingerprint density at radius 2 is 1.50 bits per heavy atom. The summed E-state index contributed by atoms with van der Waals surface area (Å²) in [6, 6.07) is 0.625. The molecule has 0 saturated heterocycles. The van der Waals surface area contributed by atoms with Gasteiger partial charge in [0.15, 0.2) is 5.75 Å². The Hall–Kier alpha value is -1.98. The highest BCUT2D eigenvalue weighted by molar-refractivity contribution is 7.67. The molecule has 0 saturated carbocycles. The number of carbonyl (C=O) groups is 1. The standard InChI is InChI=1S/C12H10F6O5S/c1-6(19)22-3-2-7-4-8(11(13,14)15)10(23-24(20)21)9(5-7)12(16,17)18/h4-5,24H,2-3H2,1H3. The molecule has 0 spiro atoms. The van der Waals surface area contributed by atoms with Gasteiger partial charge in [-0.25, -0.2) is 0 Å². The Kier molecular flexibility index (Phi) is 6.09. The van der Waals surface area contributed by atoms with Crippen molar-refractivity contribution in [2.45, 2.75) is 25.7 Å². The average Bonchev–Trinajstić information content (AvgIpc) is 2.36. The van der Waals surface area contributed by atoms with Crippen LogP contribution < -0.4 is 4.18 Å². The summed E-state index contributed by atoms with van der Waals surface area (Å²) in [5, 5.41) is 0. The lowest BCUT2D eigenvalue weighted by Crippen LogP contribution is -2.16. The van der Waals surface area contributed by atoms with Gasteiger partial charge in [-0.2, -0.15) is 34.8 Å². The minimum atomic E-state index is -5.29. The van der Waals surface area contributed by atoms with Crippen LogP contribution in [0.3, 0.4) is 0 Å². The quantitative estimate of drug-likeness (QED) is 0.483. The van der Waals surface area contributed by atoms with Crippen molar-refractivity contribution in [2.24, 2.45) is 0 Å². The molecule has 1 rings (SSSR count). The van der Waals surface area contributed by atoms with Crippen molar-refractivity contribution in [3.05, 3.63) is 28.8 Å². The minimum Gasteiger partial charge on any atom is -0.466 e. The Balaban J connectivity index is 3.48. The van der Waals surface area contributed by atoms with Gasteiger partial charge in [-0.1, -0.05) is 0 Å². The summed E-state index contributed by atoms with van der Waals surface area (Å²) in [5.41, 5.74) is -4.24. The van der Waals surface area contributed by atoms with E-state index in [1.807, 2.05) is 0 Å². The highest BCUT2D eigenvalue weighted by Gasteiger charge is 2.43. The van der Waals surface area contributed by atoms with Gasteiger partial charge in [0.1, 0.15) is 11.1 Å². The third-order valence-electron chi connectivity index (χ3n) is 2.62. The second-order valence-corrected chi connectivity index (χ2v) is 5.05. The Morgan fingerprint density at radius 1 is 1.04 bits per heavy atom. The number of alkyl halides is 6. The molecule has 0 aliphatic heterocycles. The fourth-order valence-electron chi connectivity index (χ4n) is 1.74.